The maximum atomic E-state index is 11.9. The van der Waals surface area contributed by atoms with Gasteiger partial charge in [-0.3, -0.25) is 10.1 Å². The second-order valence-electron chi connectivity index (χ2n) is 5.53. The topological polar surface area (TPSA) is 51.2 Å². The van der Waals surface area contributed by atoms with Gasteiger partial charge in [-0.1, -0.05) is 24.6 Å². The van der Waals surface area contributed by atoms with E-state index in [1.165, 1.54) is 11.3 Å². The number of hydrogen-bond donors (Lipinski definition) is 1. The molecule has 1 aromatic heterocycles. The summed E-state index contributed by atoms with van der Waals surface area (Å²) in [6, 6.07) is 6.99. The number of nitrogens with one attached hydrogen (secondary N) is 1. The summed E-state index contributed by atoms with van der Waals surface area (Å²) in [5, 5.41) is 4.06. The molecular formula is C16H17ClN2O2S. The van der Waals surface area contributed by atoms with Gasteiger partial charge in [0.15, 0.2) is 11.7 Å². The van der Waals surface area contributed by atoms with E-state index in [0.717, 1.165) is 18.5 Å². The third-order valence-corrected chi connectivity index (χ3v) is 4.87. The fourth-order valence-electron chi connectivity index (χ4n) is 2.45. The van der Waals surface area contributed by atoms with E-state index in [2.05, 4.69) is 17.2 Å². The Morgan fingerprint density at radius 1 is 1.55 bits per heavy atom. The number of carbonyl (C=O) groups is 1. The van der Waals surface area contributed by atoms with Crippen LogP contribution in [0.25, 0.3) is 0 Å². The fourth-order valence-corrected chi connectivity index (χ4v) is 3.82. The normalized spacial score (nSPS) is 16.9. The maximum Gasteiger partial charge on any atom is 0.264 e. The quantitative estimate of drug-likeness (QED) is 0.920. The predicted molar refractivity (Wildman–Crippen MR) is 88.9 cm³/mol. The van der Waals surface area contributed by atoms with E-state index < -0.39 is 0 Å². The molecule has 1 aliphatic rings. The number of carbonyl (C=O) groups excluding carboxylic acids is 1. The number of fused-ring (bicyclic) bond motifs is 1. The Hall–Kier alpha value is -1.59. The Kier molecular flexibility index (Phi) is 4.64. The largest absolute Gasteiger partial charge is 0.484 e. The highest BCUT2D eigenvalue weighted by Gasteiger charge is 2.20. The van der Waals surface area contributed by atoms with Gasteiger partial charge in [-0.15, -0.1) is 11.3 Å². The van der Waals surface area contributed by atoms with Crippen LogP contribution in [0.2, 0.25) is 5.02 Å². The zero-order valence-corrected chi connectivity index (χ0v) is 13.8. The molecule has 0 bridgehead atoms. The molecule has 1 heterocycles. The number of anilines is 1. The number of ether oxygens (including phenoxy) is 1. The smallest absolute Gasteiger partial charge is 0.264 e. The van der Waals surface area contributed by atoms with Crippen molar-refractivity contribution in [1.82, 2.24) is 4.98 Å². The number of rotatable bonds is 4. The lowest BCUT2D eigenvalue weighted by Crippen LogP contribution is -2.20. The molecule has 1 aliphatic carbocycles. The summed E-state index contributed by atoms with van der Waals surface area (Å²) >= 11 is 7.44. The molecule has 0 aliphatic heterocycles. The van der Waals surface area contributed by atoms with Crippen LogP contribution in [0.15, 0.2) is 24.3 Å². The first-order valence-corrected chi connectivity index (χ1v) is 8.46. The van der Waals surface area contributed by atoms with E-state index >= 15 is 0 Å². The minimum Gasteiger partial charge on any atom is -0.484 e. The second kappa shape index (κ2) is 6.67. The molecule has 0 spiro atoms. The third-order valence-electron chi connectivity index (χ3n) is 3.60. The summed E-state index contributed by atoms with van der Waals surface area (Å²) in [7, 11) is 0. The van der Waals surface area contributed by atoms with E-state index in [0.29, 0.717) is 21.8 Å². The van der Waals surface area contributed by atoms with Gasteiger partial charge in [0.2, 0.25) is 0 Å². The van der Waals surface area contributed by atoms with Crippen molar-refractivity contribution in [3.63, 3.8) is 0 Å². The van der Waals surface area contributed by atoms with Crippen molar-refractivity contribution in [3.05, 3.63) is 39.9 Å². The number of amides is 1. The summed E-state index contributed by atoms with van der Waals surface area (Å²) in [4.78, 5) is 17.7. The lowest BCUT2D eigenvalue weighted by molar-refractivity contribution is -0.118. The van der Waals surface area contributed by atoms with Gasteiger partial charge < -0.3 is 4.74 Å². The minimum atomic E-state index is -0.209. The first-order valence-electron chi connectivity index (χ1n) is 7.27. The van der Waals surface area contributed by atoms with Crippen LogP contribution in [0.1, 0.15) is 23.9 Å². The summed E-state index contributed by atoms with van der Waals surface area (Å²) < 4.78 is 5.42. The highest BCUT2D eigenvalue weighted by atomic mass is 35.5. The van der Waals surface area contributed by atoms with E-state index in [4.69, 9.17) is 16.3 Å². The molecule has 3 rings (SSSR count). The number of nitrogens with zero attached hydrogens (tertiary/aromatic N) is 1. The van der Waals surface area contributed by atoms with E-state index in [1.807, 2.05) is 0 Å². The summed E-state index contributed by atoms with van der Waals surface area (Å²) in [6.07, 6.45) is 3.23. The van der Waals surface area contributed by atoms with Crippen LogP contribution in [0.4, 0.5) is 5.13 Å². The predicted octanol–water partition coefficient (Wildman–Crippen LogP) is 3.94. The number of aryl methyl sites for hydroxylation is 1. The van der Waals surface area contributed by atoms with Crippen molar-refractivity contribution in [2.75, 3.05) is 11.9 Å². The molecule has 22 heavy (non-hydrogen) atoms. The van der Waals surface area contributed by atoms with Crippen molar-refractivity contribution in [2.45, 2.75) is 26.2 Å². The third kappa shape index (κ3) is 3.78. The summed E-state index contributed by atoms with van der Waals surface area (Å²) in [6.45, 7) is 2.20. The molecule has 6 heteroatoms. The molecule has 1 atom stereocenters. The Morgan fingerprint density at radius 2 is 2.41 bits per heavy atom. The van der Waals surface area contributed by atoms with Crippen molar-refractivity contribution in [2.24, 2.45) is 5.92 Å². The molecule has 2 aromatic rings. The molecule has 1 amide bonds. The standard InChI is InChI=1S/C16H17ClN2O2S/c1-10-5-6-13-14(7-10)22-16(18-13)19-15(20)9-21-12-4-2-3-11(17)8-12/h2-4,8,10H,5-7,9H2,1H3,(H,18,19,20)/t10-/m1/s1. The molecule has 4 nitrogen and oxygen atoms in total. The van der Waals surface area contributed by atoms with Crippen molar-refractivity contribution < 1.29 is 9.53 Å². The van der Waals surface area contributed by atoms with E-state index in [9.17, 15) is 4.79 Å². The van der Waals surface area contributed by atoms with Crippen LogP contribution >= 0.6 is 22.9 Å². The van der Waals surface area contributed by atoms with Gasteiger partial charge >= 0.3 is 0 Å². The van der Waals surface area contributed by atoms with Crippen LogP contribution in [0.3, 0.4) is 0 Å². The summed E-state index contributed by atoms with van der Waals surface area (Å²) in [5.74, 6) is 1.07. The van der Waals surface area contributed by atoms with Crippen LogP contribution in [0, 0.1) is 5.92 Å². The molecule has 0 fully saturated rings. The lowest BCUT2D eigenvalue weighted by Gasteiger charge is -2.15. The molecular weight excluding hydrogens is 320 g/mol. The van der Waals surface area contributed by atoms with Crippen LogP contribution in [-0.4, -0.2) is 17.5 Å². The number of benzene rings is 1. The second-order valence-corrected chi connectivity index (χ2v) is 7.05. The molecule has 116 valence electrons. The maximum absolute atomic E-state index is 11.9. The van der Waals surface area contributed by atoms with Crippen molar-refractivity contribution in [3.8, 4) is 5.75 Å². The summed E-state index contributed by atoms with van der Waals surface area (Å²) in [5.41, 5.74) is 1.13. The van der Waals surface area contributed by atoms with Gasteiger partial charge in [-0.2, -0.15) is 0 Å². The van der Waals surface area contributed by atoms with Gasteiger partial charge in [0, 0.05) is 9.90 Å². The van der Waals surface area contributed by atoms with Crippen molar-refractivity contribution >= 4 is 34.0 Å². The minimum absolute atomic E-state index is 0.0546. The number of hydrogen-bond acceptors (Lipinski definition) is 4. The van der Waals surface area contributed by atoms with Gasteiger partial charge in [0.05, 0.1) is 5.69 Å². The molecule has 1 aromatic carbocycles. The molecule has 0 radical (unpaired) electrons. The lowest BCUT2D eigenvalue weighted by atomic mass is 9.93. The first kappa shape index (κ1) is 15.3. The van der Waals surface area contributed by atoms with Gasteiger partial charge in [-0.25, -0.2) is 4.98 Å². The van der Waals surface area contributed by atoms with Crippen molar-refractivity contribution in [1.29, 1.82) is 0 Å². The molecule has 0 saturated carbocycles. The monoisotopic (exact) mass is 336 g/mol. The highest BCUT2D eigenvalue weighted by molar-refractivity contribution is 7.15. The Bertz CT molecular complexity index is 687. The van der Waals surface area contributed by atoms with Gasteiger partial charge in [0.25, 0.3) is 5.91 Å². The highest BCUT2D eigenvalue weighted by Crippen LogP contribution is 2.32. The number of thiazole rings is 1. The zero-order valence-electron chi connectivity index (χ0n) is 12.3. The van der Waals surface area contributed by atoms with Gasteiger partial charge in [0.1, 0.15) is 5.75 Å². The SMILES string of the molecule is C[C@@H]1CCc2nc(NC(=O)COc3cccc(Cl)c3)sc2C1. The van der Waals surface area contributed by atoms with E-state index in [-0.39, 0.29) is 12.5 Å². The zero-order chi connectivity index (χ0) is 15.5. The van der Waals surface area contributed by atoms with Crippen LogP contribution in [0.5, 0.6) is 5.75 Å². The first-order chi connectivity index (χ1) is 10.6. The molecule has 1 N–H and O–H groups in total. The Labute approximate surface area is 138 Å². The Morgan fingerprint density at radius 3 is 3.23 bits per heavy atom. The van der Waals surface area contributed by atoms with Crippen LogP contribution < -0.4 is 10.1 Å². The fraction of sp³-hybridized carbons (Fsp3) is 0.375. The number of halogens is 1. The van der Waals surface area contributed by atoms with Gasteiger partial charge in [-0.05, 0) is 43.4 Å². The van der Waals surface area contributed by atoms with E-state index in [1.54, 1.807) is 35.6 Å². The Balaban J connectivity index is 1.56. The average Bonchev–Trinajstić information content (AvgIpc) is 2.86. The number of aromatic nitrogens is 1. The average molecular weight is 337 g/mol. The van der Waals surface area contributed by atoms with Crippen LogP contribution in [-0.2, 0) is 17.6 Å². The molecule has 0 saturated heterocycles. The molecule has 0 unspecified atom stereocenters.